The van der Waals surface area contributed by atoms with Crippen LogP contribution in [0, 0.1) is 0 Å². The molecule has 1 aromatic heterocycles. The summed E-state index contributed by atoms with van der Waals surface area (Å²) in [6.45, 7) is 0. The maximum Gasteiger partial charge on any atom is 0.171 e. The summed E-state index contributed by atoms with van der Waals surface area (Å²) in [6, 6.07) is 57.6. The molecule has 0 radical (unpaired) electrons. The Morgan fingerprint density at radius 3 is 0.898 bits per heavy atom. The molecule has 0 bridgehead atoms. The van der Waals surface area contributed by atoms with E-state index in [4.69, 9.17) is 0 Å². The number of nitrogens with zero attached hydrogens (tertiary/aromatic N) is 2. The normalized spacial score (nSPS) is 12.1. The molecule has 6 aromatic carbocycles. The van der Waals surface area contributed by atoms with Gasteiger partial charge >= 0.3 is 0 Å². The summed E-state index contributed by atoms with van der Waals surface area (Å²) in [4.78, 5) is 12.6. The quantitative estimate of drug-likeness (QED) is 0.119. The van der Waals surface area contributed by atoms with Crippen LogP contribution in [0.5, 0.6) is 0 Å². The van der Waals surface area contributed by atoms with Crippen molar-refractivity contribution in [2.75, 3.05) is 0 Å². The molecule has 5 nitrogen and oxygen atoms in total. The van der Waals surface area contributed by atoms with E-state index < -0.39 is 14.3 Å². The average molecular weight is 674 g/mol. The molecule has 49 heavy (non-hydrogen) atoms. The highest BCUT2D eigenvalue weighted by Gasteiger charge is 2.30. The monoisotopic (exact) mass is 673 g/mol. The summed E-state index contributed by atoms with van der Waals surface area (Å²) in [5, 5.41) is 4.72. The van der Waals surface area contributed by atoms with Crippen molar-refractivity contribution in [1.82, 2.24) is 4.98 Å². The van der Waals surface area contributed by atoms with E-state index in [0.717, 1.165) is 54.6 Å². The predicted octanol–water partition coefficient (Wildman–Crippen LogP) is 7.79. The van der Waals surface area contributed by atoms with Crippen LogP contribution in [0.3, 0.4) is 0 Å². The molecule has 0 aliphatic carbocycles. The molecule has 238 valence electrons. The van der Waals surface area contributed by atoms with E-state index >= 15 is 0 Å². The number of rotatable bonds is 10. The van der Waals surface area contributed by atoms with Crippen molar-refractivity contribution < 1.29 is 9.13 Å². The number of H-pyrrole nitrogens is 1. The highest BCUT2D eigenvalue weighted by molar-refractivity contribution is 7.85. The third-order valence-electron chi connectivity index (χ3n) is 8.34. The maximum absolute atomic E-state index is 14.6. The van der Waals surface area contributed by atoms with Gasteiger partial charge in [0, 0.05) is 31.8 Å². The largest absolute Gasteiger partial charge is 0.353 e. The summed E-state index contributed by atoms with van der Waals surface area (Å²) < 4.78 is 29.2. The molecule has 1 heterocycles. The van der Waals surface area contributed by atoms with Gasteiger partial charge in [0.1, 0.15) is 0 Å². The number of aromatic amines is 1. The molecule has 7 aromatic rings. The van der Waals surface area contributed by atoms with Gasteiger partial charge in [0.25, 0.3) is 0 Å². The highest BCUT2D eigenvalue weighted by Crippen LogP contribution is 2.43. The number of benzene rings is 6. The van der Waals surface area contributed by atoms with E-state index in [9.17, 15) is 9.13 Å². The van der Waals surface area contributed by atoms with Gasteiger partial charge in [-0.1, -0.05) is 121 Å². The average Bonchev–Trinajstić information content (AvgIpc) is 3.65. The molecular formula is C42H33N3O2P2. The Labute approximate surface area is 286 Å². The first-order valence-electron chi connectivity index (χ1n) is 15.9. The van der Waals surface area contributed by atoms with E-state index in [1.165, 1.54) is 0 Å². The number of aromatic nitrogens is 1. The van der Waals surface area contributed by atoms with Gasteiger partial charge in [0.05, 0.1) is 35.2 Å². The van der Waals surface area contributed by atoms with Crippen molar-refractivity contribution in [2.45, 2.75) is 0 Å². The highest BCUT2D eigenvalue weighted by atomic mass is 31.2. The first kappa shape index (κ1) is 32.0. The Morgan fingerprint density at radius 2 is 0.612 bits per heavy atom. The molecule has 0 unspecified atom stereocenters. The second-order valence-electron chi connectivity index (χ2n) is 11.5. The molecule has 1 N–H and O–H groups in total. The van der Waals surface area contributed by atoms with Crippen molar-refractivity contribution in [3.8, 4) is 0 Å². The minimum Gasteiger partial charge on any atom is -0.353 e. The lowest BCUT2D eigenvalue weighted by atomic mass is 10.3. The predicted molar refractivity (Wildman–Crippen MR) is 207 cm³/mol. The number of hydrogen-bond acceptors (Lipinski definition) is 4. The van der Waals surface area contributed by atoms with Crippen LogP contribution in [0.15, 0.2) is 192 Å². The number of aliphatic imine (C=N–C) groups is 2. The van der Waals surface area contributed by atoms with E-state index in [1.807, 2.05) is 182 Å². The summed E-state index contributed by atoms with van der Waals surface area (Å²) in [5.41, 5.74) is 3.16. The summed E-state index contributed by atoms with van der Waals surface area (Å²) in [7, 11) is -6.06. The van der Waals surface area contributed by atoms with E-state index in [0.29, 0.717) is 0 Å². The second-order valence-corrected chi connectivity index (χ2v) is 17.0. The van der Waals surface area contributed by atoms with Gasteiger partial charge in [-0.2, -0.15) is 0 Å². The lowest BCUT2D eigenvalue weighted by molar-refractivity contribution is 0.591. The van der Waals surface area contributed by atoms with Crippen molar-refractivity contribution in [2.24, 2.45) is 9.98 Å². The zero-order chi connectivity index (χ0) is 33.5. The zero-order valence-electron chi connectivity index (χ0n) is 26.6. The van der Waals surface area contributed by atoms with E-state index in [1.54, 1.807) is 12.4 Å². The minimum atomic E-state index is -3.03. The fraction of sp³-hybridized carbons (Fsp3) is 0. The van der Waals surface area contributed by atoms with Crippen LogP contribution in [0.25, 0.3) is 0 Å². The fourth-order valence-electron chi connectivity index (χ4n) is 5.81. The van der Waals surface area contributed by atoms with Crippen molar-refractivity contribution >= 4 is 69.9 Å². The number of nitrogens with one attached hydrogen (secondary N) is 1. The maximum atomic E-state index is 14.6. The molecular weight excluding hydrogens is 640 g/mol. The van der Waals surface area contributed by atoms with Gasteiger partial charge in [-0.05, 0) is 60.7 Å². The molecule has 0 fully saturated rings. The minimum absolute atomic E-state index is 0.754. The third kappa shape index (κ3) is 6.73. The fourth-order valence-corrected chi connectivity index (χ4v) is 11.1. The van der Waals surface area contributed by atoms with Gasteiger partial charge in [-0.25, -0.2) is 0 Å². The standard InChI is InChI=1S/C42H33N3O2P2/c46-48(37-13-5-1-6-14-37,38-15-7-2-8-16-38)41-27-23-33(24-28-41)43-31-35-21-22-36(45-35)32-44-34-25-29-42(30-26-34)49(47,39-17-9-3-10-18-39)40-19-11-4-12-20-40/h1-32,45H. The van der Waals surface area contributed by atoms with Crippen LogP contribution in [0.2, 0.25) is 0 Å². The summed E-state index contributed by atoms with van der Waals surface area (Å²) >= 11 is 0. The van der Waals surface area contributed by atoms with Crippen LogP contribution in [0.4, 0.5) is 11.4 Å². The molecule has 0 saturated carbocycles. The molecule has 0 aliphatic heterocycles. The summed E-state index contributed by atoms with van der Waals surface area (Å²) in [5.74, 6) is 0. The molecule has 0 atom stereocenters. The molecule has 0 spiro atoms. The van der Waals surface area contributed by atoms with Crippen LogP contribution >= 0.6 is 14.3 Å². The third-order valence-corrected chi connectivity index (χ3v) is 14.5. The van der Waals surface area contributed by atoms with Crippen LogP contribution in [-0.4, -0.2) is 17.4 Å². The molecule has 0 saturated heterocycles. The Balaban J connectivity index is 1.06. The van der Waals surface area contributed by atoms with Gasteiger partial charge in [0.15, 0.2) is 14.3 Å². The van der Waals surface area contributed by atoms with Gasteiger partial charge in [-0.3, -0.25) is 9.98 Å². The number of hydrogen-bond donors (Lipinski definition) is 1. The van der Waals surface area contributed by atoms with Crippen molar-refractivity contribution in [3.63, 3.8) is 0 Å². The molecule has 0 aliphatic rings. The van der Waals surface area contributed by atoms with E-state index in [-0.39, 0.29) is 0 Å². The smallest absolute Gasteiger partial charge is 0.171 e. The molecule has 7 rings (SSSR count). The van der Waals surface area contributed by atoms with Gasteiger partial charge in [-0.15, -0.1) is 0 Å². The first-order valence-corrected chi connectivity index (χ1v) is 19.4. The molecule has 0 amide bonds. The van der Waals surface area contributed by atoms with E-state index in [2.05, 4.69) is 15.0 Å². The summed E-state index contributed by atoms with van der Waals surface area (Å²) in [6.07, 6.45) is 3.53. The van der Waals surface area contributed by atoms with Crippen LogP contribution in [0.1, 0.15) is 11.4 Å². The SMILES string of the molecule is O=P(c1ccccc1)(c1ccccc1)c1ccc(N=Cc2ccc(C=Nc3ccc(P(=O)(c4ccccc4)c4ccccc4)cc3)[nH]2)cc1. The van der Waals surface area contributed by atoms with Crippen LogP contribution < -0.4 is 31.8 Å². The Morgan fingerprint density at radius 1 is 0.347 bits per heavy atom. The zero-order valence-corrected chi connectivity index (χ0v) is 28.4. The first-order chi connectivity index (χ1) is 24.0. The van der Waals surface area contributed by atoms with Gasteiger partial charge < -0.3 is 14.1 Å². The lowest BCUT2D eigenvalue weighted by Crippen LogP contribution is -2.24. The topological polar surface area (TPSA) is 74.7 Å². The molecule has 7 heteroatoms. The lowest BCUT2D eigenvalue weighted by Gasteiger charge is -2.20. The van der Waals surface area contributed by atoms with Crippen molar-refractivity contribution in [1.29, 1.82) is 0 Å². The Kier molecular flexibility index (Phi) is 9.30. The Hall–Kier alpha value is -5.60. The van der Waals surface area contributed by atoms with Gasteiger partial charge in [0.2, 0.25) is 0 Å². The second kappa shape index (κ2) is 14.3. The van der Waals surface area contributed by atoms with Crippen molar-refractivity contribution in [3.05, 3.63) is 193 Å². The Bertz CT molecular complexity index is 2050. The van der Waals surface area contributed by atoms with Crippen LogP contribution in [-0.2, 0) is 9.13 Å².